The molecule has 8 nitrogen and oxygen atoms in total. The molecule has 9 heteroatoms. The fourth-order valence-corrected chi connectivity index (χ4v) is 5.03. The number of rotatable bonds is 5. The monoisotopic (exact) mass is 451 g/mol. The number of phenols is 1. The lowest BCUT2D eigenvalue weighted by molar-refractivity contribution is -0.384. The van der Waals surface area contributed by atoms with Crippen LogP contribution in [0.25, 0.3) is 0 Å². The highest BCUT2D eigenvalue weighted by atomic mass is 32.1. The highest BCUT2D eigenvalue weighted by Gasteiger charge is 2.26. The molecular weight excluding hydrogens is 430 g/mol. The van der Waals surface area contributed by atoms with E-state index in [0.717, 1.165) is 42.5 Å². The molecule has 0 aliphatic heterocycles. The van der Waals surface area contributed by atoms with E-state index in [1.54, 1.807) is 18.2 Å². The summed E-state index contributed by atoms with van der Waals surface area (Å²) in [5.41, 5.74) is 1.78. The first-order chi connectivity index (χ1) is 15.4. The summed E-state index contributed by atoms with van der Waals surface area (Å²) in [7, 11) is 0. The molecule has 0 saturated carbocycles. The van der Waals surface area contributed by atoms with Crippen molar-refractivity contribution in [2.45, 2.75) is 32.1 Å². The maximum absolute atomic E-state index is 13.2. The molecule has 1 heterocycles. The molecule has 1 aliphatic carbocycles. The van der Waals surface area contributed by atoms with Gasteiger partial charge in [-0.2, -0.15) is 0 Å². The summed E-state index contributed by atoms with van der Waals surface area (Å²) in [6.45, 7) is 0. The van der Waals surface area contributed by atoms with Crippen LogP contribution in [-0.4, -0.2) is 21.8 Å². The standard InChI is InChI=1S/C23H21N3O5S/c27-18-8-5-4-7-17(18)24-22(29)20-16-6-2-1-3-9-19(16)32-23(20)25-21(28)14-10-12-15(13-11-14)26(30)31/h4-5,7-8,10-13,27H,1-3,6,9H2,(H,24,29)(H,25,28). The number of hydrogen-bond donors (Lipinski definition) is 3. The molecule has 2 amide bonds. The quantitative estimate of drug-likeness (QED) is 0.215. The van der Waals surface area contributed by atoms with Gasteiger partial charge in [0, 0.05) is 22.6 Å². The highest BCUT2D eigenvalue weighted by molar-refractivity contribution is 7.17. The average Bonchev–Trinajstić information content (AvgIpc) is 2.95. The summed E-state index contributed by atoms with van der Waals surface area (Å²) in [4.78, 5) is 37.4. The zero-order chi connectivity index (χ0) is 22.7. The number of para-hydroxylation sites is 2. The number of aryl methyl sites for hydroxylation is 1. The Labute approximate surface area is 188 Å². The number of fused-ring (bicyclic) bond motifs is 1. The van der Waals surface area contributed by atoms with Gasteiger partial charge in [0.2, 0.25) is 0 Å². The van der Waals surface area contributed by atoms with Crippen molar-refractivity contribution in [3.8, 4) is 5.75 Å². The molecular formula is C23H21N3O5S. The van der Waals surface area contributed by atoms with E-state index in [1.165, 1.54) is 41.7 Å². The van der Waals surface area contributed by atoms with Crippen molar-refractivity contribution >= 4 is 39.5 Å². The maximum Gasteiger partial charge on any atom is 0.269 e. The van der Waals surface area contributed by atoms with Gasteiger partial charge in [0.15, 0.2) is 0 Å². The topological polar surface area (TPSA) is 122 Å². The van der Waals surface area contributed by atoms with Gasteiger partial charge in [0.25, 0.3) is 17.5 Å². The summed E-state index contributed by atoms with van der Waals surface area (Å²) in [6, 6.07) is 11.8. The minimum Gasteiger partial charge on any atom is -0.506 e. The minimum atomic E-state index is -0.528. The number of carbonyl (C=O) groups is 2. The number of non-ortho nitro benzene ring substituents is 1. The largest absolute Gasteiger partial charge is 0.506 e. The number of nitro benzene ring substituents is 1. The van der Waals surface area contributed by atoms with E-state index in [2.05, 4.69) is 10.6 Å². The van der Waals surface area contributed by atoms with Gasteiger partial charge in [-0.1, -0.05) is 18.6 Å². The van der Waals surface area contributed by atoms with Gasteiger partial charge in [0.1, 0.15) is 10.8 Å². The highest BCUT2D eigenvalue weighted by Crippen LogP contribution is 2.38. The Kier molecular flexibility index (Phi) is 6.18. The van der Waals surface area contributed by atoms with E-state index in [9.17, 15) is 24.8 Å². The molecule has 1 aliphatic rings. The summed E-state index contributed by atoms with van der Waals surface area (Å²) < 4.78 is 0. The zero-order valence-electron chi connectivity index (χ0n) is 17.1. The Balaban J connectivity index is 1.65. The number of hydrogen-bond acceptors (Lipinski definition) is 6. The number of nitrogens with one attached hydrogen (secondary N) is 2. The van der Waals surface area contributed by atoms with Crippen LogP contribution in [0.15, 0.2) is 48.5 Å². The van der Waals surface area contributed by atoms with E-state index in [4.69, 9.17) is 0 Å². The van der Waals surface area contributed by atoms with Crippen LogP contribution in [0.5, 0.6) is 5.75 Å². The molecule has 3 aromatic rings. The molecule has 32 heavy (non-hydrogen) atoms. The lowest BCUT2D eigenvalue weighted by Gasteiger charge is -2.11. The lowest BCUT2D eigenvalue weighted by Crippen LogP contribution is -2.18. The maximum atomic E-state index is 13.2. The second-order valence-electron chi connectivity index (χ2n) is 7.50. The van der Waals surface area contributed by atoms with Crippen LogP contribution in [0.4, 0.5) is 16.4 Å². The van der Waals surface area contributed by atoms with Crippen LogP contribution in [-0.2, 0) is 12.8 Å². The van der Waals surface area contributed by atoms with Gasteiger partial charge in [-0.3, -0.25) is 19.7 Å². The van der Waals surface area contributed by atoms with Crippen LogP contribution >= 0.6 is 11.3 Å². The molecule has 0 radical (unpaired) electrons. The number of thiophene rings is 1. The predicted molar refractivity (Wildman–Crippen MR) is 123 cm³/mol. The van der Waals surface area contributed by atoms with Crippen LogP contribution in [0.2, 0.25) is 0 Å². The van der Waals surface area contributed by atoms with E-state index >= 15 is 0 Å². The molecule has 0 spiro atoms. The number of aromatic hydroxyl groups is 1. The van der Waals surface area contributed by atoms with Gasteiger partial charge >= 0.3 is 0 Å². The first-order valence-electron chi connectivity index (χ1n) is 10.2. The van der Waals surface area contributed by atoms with Gasteiger partial charge in [-0.25, -0.2) is 0 Å². The number of carbonyl (C=O) groups excluding carboxylic acids is 2. The predicted octanol–water partition coefficient (Wildman–Crippen LogP) is 5.14. The van der Waals surface area contributed by atoms with Crippen molar-refractivity contribution in [3.63, 3.8) is 0 Å². The molecule has 3 N–H and O–H groups in total. The van der Waals surface area contributed by atoms with Gasteiger partial charge in [-0.15, -0.1) is 11.3 Å². The number of nitrogens with zero attached hydrogens (tertiary/aromatic N) is 1. The summed E-state index contributed by atoms with van der Waals surface area (Å²) in [5, 5.41) is 26.9. The van der Waals surface area contributed by atoms with Gasteiger partial charge < -0.3 is 15.7 Å². The third-order valence-corrected chi connectivity index (χ3v) is 6.58. The molecule has 4 rings (SSSR count). The lowest BCUT2D eigenvalue weighted by atomic mass is 10.0. The molecule has 0 atom stereocenters. The van der Waals surface area contributed by atoms with E-state index < -0.39 is 16.7 Å². The number of phenolic OH excluding ortho intramolecular Hbond substituents is 1. The van der Waals surface area contributed by atoms with Crippen molar-refractivity contribution in [1.82, 2.24) is 0 Å². The minimum absolute atomic E-state index is 0.0429. The van der Waals surface area contributed by atoms with E-state index in [0.29, 0.717) is 16.3 Å². The zero-order valence-corrected chi connectivity index (χ0v) is 17.9. The Morgan fingerprint density at radius 3 is 2.38 bits per heavy atom. The molecule has 1 aromatic heterocycles. The van der Waals surface area contributed by atoms with E-state index in [-0.39, 0.29) is 17.0 Å². The van der Waals surface area contributed by atoms with Crippen LogP contribution in [0, 0.1) is 10.1 Å². The number of nitro groups is 1. The van der Waals surface area contributed by atoms with Crippen LogP contribution in [0.3, 0.4) is 0 Å². The third kappa shape index (κ3) is 4.47. The number of benzene rings is 2. The Morgan fingerprint density at radius 2 is 1.66 bits per heavy atom. The Bertz CT molecular complexity index is 1190. The SMILES string of the molecule is O=C(Nc1sc2c(c1C(=O)Nc1ccccc1O)CCCCC2)c1ccc([N+](=O)[O-])cc1. The van der Waals surface area contributed by atoms with Crippen molar-refractivity contribution in [2.75, 3.05) is 10.6 Å². The van der Waals surface area contributed by atoms with Crippen molar-refractivity contribution < 1.29 is 19.6 Å². The fraction of sp³-hybridized carbons (Fsp3) is 0.217. The van der Waals surface area contributed by atoms with Crippen molar-refractivity contribution in [1.29, 1.82) is 0 Å². The normalized spacial score (nSPS) is 13.0. The van der Waals surface area contributed by atoms with Crippen molar-refractivity contribution in [3.05, 3.63) is 80.2 Å². The average molecular weight is 452 g/mol. The van der Waals surface area contributed by atoms with Gasteiger partial charge in [0.05, 0.1) is 16.2 Å². The molecule has 164 valence electrons. The molecule has 2 aromatic carbocycles. The van der Waals surface area contributed by atoms with E-state index in [1.807, 2.05) is 0 Å². The second-order valence-corrected chi connectivity index (χ2v) is 8.60. The molecule has 0 unspecified atom stereocenters. The summed E-state index contributed by atoms with van der Waals surface area (Å²) >= 11 is 1.39. The molecule has 0 bridgehead atoms. The Hall–Kier alpha value is -3.72. The van der Waals surface area contributed by atoms with Crippen LogP contribution in [0.1, 0.15) is 50.4 Å². The number of amides is 2. The second kappa shape index (κ2) is 9.19. The smallest absolute Gasteiger partial charge is 0.269 e. The molecule has 0 saturated heterocycles. The Morgan fingerprint density at radius 1 is 0.938 bits per heavy atom. The summed E-state index contributed by atoms with van der Waals surface area (Å²) in [5.74, 6) is -0.892. The fourth-order valence-electron chi connectivity index (χ4n) is 3.74. The van der Waals surface area contributed by atoms with Crippen LogP contribution < -0.4 is 10.6 Å². The third-order valence-electron chi connectivity index (χ3n) is 5.37. The van der Waals surface area contributed by atoms with Crippen molar-refractivity contribution in [2.24, 2.45) is 0 Å². The summed E-state index contributed by atoms with van der Waals surface area (Å²) in [6.07, 6.45) is 4.62. The van der Waals surface area contributed by atoms with Gasteiger partial charge in [-0.05, 0) is 55.5 Å². The first kappa shape index (κ1) is 21.5. The first-order valence-corrected chi connectivity index (χ1v) is 11.1. The molecule has 0 fully saturated rings. The number of anilines is 2.